The Balaban J connectivity index is 2.00. The first-order valence-corrected chi connectivity index (χ1v) is 5.88. The van der Waals surface area contributed by atoms with Crippen molar-refractivity contribution in [2.75, 3.05) is 11.4 Å². The van der Waals surface area contributed by atoms with Crippen molar-refractivity contribution >= 4 is 17.6 Å². The third-order valence-corrected chi connectivity index (χ3v) is 3.02. The highest BCUT2D eigenvalue weighted by molar-refractivity contribution is 5.95. The molecule has 0 aromatic heterocycles. The van der Waals surface area contributed by atoms with Crippen LogP contribution in [0.15, 0.2) is 18.2 Å². The number of carboxylic acid groups (broad SMARTS) is 1. The van der Waals surface area contributed by atoms with Gasteiger partial charge in [0.2, 0.25) is 5.91 Å². The van der Waals surface area contributed by atoms with Crippen LogP contribution in [0, 0.1) is 5.82 Å². The lowest BCUT2D eigenvalue weighted by Gasteiger charge is -2.17. The molecule has 0 atom stereocenters. The Hall–Kier alpha value is -1.91. The summed E-state index contributed by atoms with van der Waals surface area (Å²) in [6.07, 6.45) is 1.19. The molecule has 18 heavy (non-hydrogen) atoms. The number of carboxylic acids is 1. The number of amides is 1. The molecule has 0 aliphatic carbocycles. The Morgan fingerprint density at radius 2 is 2.11 bits per heavy atom. The zero-order valence-electron chi connectivity index (χ0n) is 9.86. The number of anilines is 1. The number of nitrogens with zero attached hydrogens (tertiary/aromatic N) is 1. The van der Waals surface area contributed by atoms with Gasteiger partial charge in [-0.05, 0) is 36.6 Å². The lowest BCUT2D eigenvalue weighted by atomic mass is 10.1. The van der Waals surface area contributed by atoms with Crippen LogP contribution in [0.25, 0.3) is 0 Å². The molecule has 0 bridgehead atoms. The molecule has 1 aliphatic heterocycles. The van der Waals surface area contributed by atoms with Gasteiger partial charge in [0.25, 0.3) is 0 Å². The zero-order valence-corrected chi connectivity index (χ0v) is 9.86. The van der Waals surface area contributed by atoms with E-state index in [1.165, 1.54) is 12.1 Å². The van der Waals surface area contributed by atoms with E-state index in [0.717, 1.165) is 11.3 Å². The van der Waals surface area contributed by atoms with Crippen molar-refractivity contribution in [1.82, 2.24) is 0 Å². The summed E-state index contributed by atoms with van der Waals surface area (Å²) in [5.41, 5.74) is 1.58. The SMILES string of the molecule is O=C(O)CCCC(=O)N1CCc2cc(F)ccc21. The van der Waals surface area contributed by atoms with Crippen molar-refractivity contribution in [3.63, 3.8) is 0 Å². The maximum atomic E-state index is 13.0. The molecule has 0 fully saturated rings. The number of fused-ring (bicyclic) bond motifs is 1. The smallest absolute Gasteiger partial charge is 0.303 e. The molecule has 4 nitrogen and oxygen atoms in total. The topological polar surface area (TPSA) is 57.6 Å². The van der Waals surface area contributed by atoms with Gasteiger partial charge in [-0.1, -0.05) is 0 Å². The third kappa shape index (κ3) is 2.67. The molecule has 1 aromatic carbocycles. The van der Waals surface area contributed by atoms with E-state index in [0.29, 0.717) is 19.4 Å². The summed E-state index contributed by atoms with van der Waals surface area (Å²) in [5.74, 6) is -1.29. The summed E-state index contributed by atoms with van der Waals surface area (Å²) < 4.78 is 13.0. The molecule has 1 aliphatic rings. The lowest BCUT2D eigenvalue weighted by molar-refractivity contribution is -0.137. The van der Waals surface area contributed by atoms with Gasteiger partial charge >= 0.3 is 5.97 Å². The number of hydrogen-bond donors (Lipinski definition) is 1. The van der Waals surface area contributed by atoms with E-state index in [1.54, 1.807) is 11.0 Å². The number of halogens is 1. The summed E-state index contributed by atoms with van der Waals surface area (Å²) in [5, 5.41) is 8.51. The second-order valence-corrected chi connectivity index (χ2v) is 4.32. The summed E-state index contributed by atoms with van der Waals surface area (Å²) in [4.78, 5) is 23.9. The van der Waals surface area contributed by atoms with E-state index < -0.39 is 5.97 Å². The molecule has 0 saturated heterocycles. The number of carbonyl (C=O) groups excluding carboxylic acids is 1. The Bertz CT molecular complexity index is 487. The van der Waals surface area contributed by atoms with Crippen LogP contribution < -0.4 is 4.90 Å². The molecule has 5 heteroatoms. The van der Waals surface area contributed by atoms with Crippen molar-refractivity contribution in [1.29, 1.82) is 0 Å². The highest BCUT2D eigenvalue weighted by Gasteiger charge is 2.24. The molecule has 0 spiro atoms. The lowest BCUT2D eigenvalue weighted by Crippen LogP contribution is -2.28. The van der Waals surface area contributed by atoms with Crippen LogP contribution >= 0.6 is 0 Å². The first-order valence-electron chi connectivity index (χ1n) is 5.88. The standard InChI is InChI=1S/C13H14FNO3/c14-10-4-5-11-9(8-10)6-7-15(11)12(16)2-1-3-13(17)18/h4-5,8H,1-3,6-7H2,(H,17,18). The maximum absolute atomic E-state index is 13.0. The largest absolute Gasteiger partial charge is 0.481 e. The number of carbonyl (C=O) groups is 2. The molecule has 1 amide bonds. The van der Waals surface area contributed by atoms with E-state index >= 15 is 0 Å². The van der Waals surface area contributed by atoms with E-state index in [1.807, 2.05) is 0 Å². The number of aliphatic carboxylic acids is 1. The minimum Gasteiger partial charge on any atom is -0.481 e. The van der Waals surface area contributed by atoms with Gasteiger partial charge in [0.15, 0.2) is 0 Å². The van der Waals surface area contributed by atoms with Gasteiger partial charge < -0.3 is 10.0 Å². The van der Waals surface area contributed by atoms with Crippen LogP contribution in [0.3, 0.4) is 0 Å². The summed E-state index contributed by atoms with van der Waals surface area (Å²) >= 11 is 0. The normalized spacial score (nSPS) is 13.5. The molecule has 1 heterocycles. The van der Waals surface area contributed by atoms with Crippen LogP contribution in [-0.2, 0) is 16.0 Å². The van der Waals surface area contributed by atoms with Crippen LogP contribution in [-0.4, -0.2) is 23.5 Å². The quantitative estimate of drug-likeness (QED) is 0.890. The van der Waals surface area contributed by atoms with E-state index in [-0.39, 0.29) is 24.6 Å². The average molecular weight is 251 g/mol. The Labute approximate surface area is 104 Å². The molecule has 96 valence electrons. The van der Waals surface area contributed by atoms with Gasteiger partial charge in [-0.25, -0.2) is 4.39 Å². The van der Waals surface area contributed by atoms with Gasteiger partial charge in [-0.15, -0.1) is 0 Å². The van der Waals surface area contributed by atoms with Crippen LogP contribution in [0.4, 0.5) is 10.1 Å². The van der Waals surface area contributed by atoms with Crippen LogP contribution in [0.5, 0.6) is 0 Å². The summed E-state index contributed by atoms with van der Waals surface area (Å²) in [6, 6.07) is 4.38. The van der Waals surface area contributed by atoms with Gasteiger partial charge in [0.1, 0.15) is 5.82 Å². The molecule has 2 rings (SSSR count). The molecular weight excluding hydrogens is 237 g/mol. The maximum Gasteiger partial charge on any atom is 0.303 e. The molecular formula is C13H14FNO3. The Morgan fingerprint density at radius 1 is 1.33 bits per heavy atom. The van der Waals surface area contributed by atoms with E-state index in [9.17, 15) is 14.0 Å². The number of benzene rings is 1. The van der Waals surface area contributed by atoms with Gasteiger partial charge in [0, 0.05) is 25.1 Å². The van der Waals surface area contributed by atoms with Gasteiger partial charge in [0.05, 0.1) is 0 Å². The number of hydrogen-bond acceptors (Lipinski definition) is 2. The Morgan fingerprint density at radius 3 is 2.83 bits per heavy atom. The fourth-order valence-electron chi connectivity index (χ4n) is 2.16. The minimum atomic E-state index is -0.897. The predicted molar refractivity (Wildman–Crippen MR) is 63.9 cm³/mol. The monoisotopic (exact) mass is 251 g/mol. The van der Waals surface area contributed by atoms with Crippen molar-refractivity contribution in [3.8, 4) is 0 Å². The van der Waals surface area contributed by atoms with Crippen molar-refractivity contribution in [2.24, 2.45) is 0 Å². The summed E-state index contributed by atoms with van der Waals surface area (Å²) in [7, 11) is 0. The molecule has 0 radical (unpaired) electrons. The minimum absolute atomic E-state index is 0.00411. The third-order valence-electron chi connectivity index (χ3n) is 3.02. The predicted octanol–water partition coefficient (Wildman–Crippen LogP) is 1.97. The fourth-order valence-corrected chi connectivity index (χ4v) is 2.16. The second-order valence-electron chi connectivity index (χ2n) is 4.32. The van der Waals surface area contributed by atoms with E-state index in [4.69, 9.17) is 5.11 Å². The fraction of sp³-hybridized carbons (Fsp3) is 0.385. The van der Waals surface area contributed by atoms with Gasteiger partial charge in [-0.2, -0.15) is 0 Å². The first-order chi connectivity index (χ1) is 8.58. The highest BCUT2D eigenvalue weighted by atomic mass is 19.1. The molecule has 1 aromatic rings. The molecule has 0 unspecified atom stereocenters. The Kier molecular flexibility index (Phi) is 3.60. The van der Waals surface area contributed by atoms with E-state index in [2.05, 4.69) is 0 Å². The first kappa shape index (κ1) is 12.5. The van der Waals surface area contributed by atoms with Crippen LogP contribution in [0.1, 0.15) is 24.8 Å². The van der Waals surface area contributed by atoms with Crippen LogP contribution in [0.2, 0.25) is 0 Å². The average Bonchev–Trinajstić information content (AvgIpc) is 2.71. The highest BCUT2D eigenvalue weighted by Crippen LogP contribution is 2.29. The second kappa shape index (κ2) is 5.16. The van der Waals surface area contributed by atoms with Crippen molar-refractivity contribution in [3.05, 3.63) is 29.6 Å². The van der Waals surface area contributed by atoms with Gasteiger partial charge in [-0.3, -0.25) is 9.59 Å². The zero-order chi connectivity index (χ0) is 13.1. The number of rotatable bonds is 4. The summed E-state index contributed by atoms with van der Waals surface area (Å²) in [6.45, 7) is 0.546. The molecule has 1 N–H and O–H groups in total. The molecule has 0 saturated carbocycles. The van der Waals surface area contributed by atoms with Crippen molar-refractivity contribution in [2.45, 2.75) is 25.7 Å². The van der Waals surface area contributed by atoms with Crippen molar-refractivity contribution < 1.29 is 19.1 Å².